The molecule has 0 aromatic rings. The zero-order chi connectivity index (χ0) is 21.1. The first-order valence-corrected chi connectivity index (χ1v) is 10.6. The van der Waals surface area contributed by atoms with Gasteiger partial charge in [0.15, 0.2) is 0 Å². The summed E-state index contributed by atoms with van der Waals surface area (Å²) in [6.07, 6.45) is 2.16. The molecule has 0 bridgehead atoms. The van der Waals surface area contributed by atoms with Crippen LogP contribution >= 0.6 is 24.4 Å². The molecule has 6 N–H and O–H groups in total. The number of rotatable bonds is 12. The van der Waals surface area contributed by atoms with Gasteiger partial charge in [0.25, 0.3) is 0 Å². The lowest BCUT2D eigenvalue weighted by molar-refractivity contribution is -0.143. The van der Waals surface area contributed by atoms with Crippen LogP contribution in [0.25, 0.3) is 0 Å². The highest BCUT2D eigenvalue weighted by molar-refractivity contribution is 7.98. The molecule has 0 aliphatic rings. The van der Waals surface area contributed by atoms with Gasteiger partial charge < -0.3 is 26.8 Å². The molecule has 0 rings (SSSR count). The third-order valence-electron chi connectivity index (χ3n) is 3.70. The van der Waals surface area contributed by atoms with E-state index >= 15 is 0 Å². The van der Waals surface area contributed by atoms with Crippen LogP contribution in [0.3, 0.4) is 0 Å². The fourth-order valence-corrected chi connectivity index (χ4v) is 2.77. The molecule has 0 aromatic heterocycles. The molecule has 4 atom stereocenters. The monoisotopic (exact) mass is 422 g/mol. The standard InChI is InChI=1S/C16H30N4O5S2/c1-8(2)12(16(24)25)20-14(22)10(5-6-27-4)18-15(23)11(7-26)19-13(21)9(3)17/h8-12,26H,5-7,17H2,1-4H3,(H,18,23)(H,19,21)(H,20,22)(H,24,25). The van der Waals surface area contributed by atoms with Gasteiger partial charge in [-0.15, -0.1) is 0 Å². The lowest BCUT2D eigenvalue weighted by atomic mass is 10.0. The molecular formula is C16H30N4O5S2. The van der Waals surface area contributed by atoms with E-state index in [0.717, 1.165) is 0 Å². The van der Waals surface area contributed by atoms with E-state index in [0.29, 0.717) is 12.2 Å². The highest BCUT2D eigenvalue weighted by atomic mass is 32.2. The molecule has 27 heavy (non-hydrogen) atoms. The quantitative estimate of drug-likeness (QED) is 0.226. The van der Waals surface area contributed by atoms with Crippen molar-refractivity contribution in [3.63, 3.8) is 0 Å². The molecule has 11 heteroatoms. The van der Waals surface area contributed by atoms with Crippen molar-refractivity contribution in [1.82, 2.24) is 16.0 Å². The SMILES string of the molecule is CSCCC(NC(=O)C(CS)NC(=O)C(C)N)C(=O)NC(C(=O)O)C(C)C. The summed E-state index contributed by atoms with van der Waals surface area (Å²) in [5, 5.41) is 16.7. The Morgan fingerprint density at radius 1 is 1.00 bits per heavy atom. The minimum atomic E-state index is -1.15. The Hall–Kier alpha value is -1.46. The van der Waals surface area contributed by atoms with Gasteiger partial charge in [-0.3, -0.25) is 14.4 Å². The topological polar surface area (TPSA) is 151 Å². The molecule has 0 aromatic carbocycles. The molecule has 156 valence electrons. The number of hydrogen-bond acceptors (Lipinski definition) is 7. The van der Waals surface area contributed by atoms with E-state index in [1.807, 2.05) is 6.26 Å². The number of thioether (sulfide) groups is 1. The summed E-state index contributed by atoms with van der Waals surface area (Å²) in [4.78, 5) is 48.0. The largest absolute Gasteiger partial charge is 0.480 e. The van der Waals surface area contributed by atoms with Crippen LogP contribution in [-0.2, 0) is 19.2 Å². The predicted molar refractivity (Wildman–Crippen MR) is 109 cm³/mol. The highest BCUT2D eigenvalue weighted by Gasteiger charge is 2.30. The van der Waals surface area contributed by atoms with Crippen molar-refractivity contribution < 1.29 is 24.3 Å². The van der Waals surface area contributed by atoms with Gasteiger partial charge in [0.1, 0.15) is 18.1 Å². The fraction of sp³-hybridized carbons (Fsp3) is 0.750. The van der Waals surface area contributed by atoms with Crippen molar-refractivity contribution in [2.45, 2.75) is 51.4 Å². The molecule has 0 saturated heterocycles. The van der Waals surface area contributed by atoms with Crippen LogP contribution in [0.2, 0.25) is 0 Å². The average Bonchev–Trinajstić information content (AvgIpc) is 2.59. The second kappa shape index (κ2) is 12.8. The summed E-state index contributed by atoms with van der Waals surface area (Å²) in [6, 6.07) is -3.75. The fourth-order valence-electron chi connectivity index (χ4n) is 2.04. The van der Waals surface area contributed by atoms with Crippen LogP contribution in [-0.4, -0.2) is 70.7 Å². The normalized spacial score (nSPS) is 15.4. The van der Waals surface area contributed by atoms with Crippen molar-refractivity contribution in [3.05, 3.63) is 0 Å². The van der Waals surface area contributed by atoms with Gasteiger partial charge in [-0.05, 0) is 31.3 Å². The molecule has 0 radical (unpaired) electrons. The number of carbonyl (C=O) groups is 4. The zero-order valence-electron chi connectivity index (χ0n) is 16.0. The summed E-state index contributed by atoms with van der Waals surface area (Å²) in [7, 11) is 0. The number of amides is 3. The molecule has 0 aliphatic heterocycles. The number of aliphatic carboxylic acids is 1. The molecule has 9 nitrogen and oxygen atoms in total. The third-order valence-corrected chi connectivity index (χ3v) is 4.71. The zero-order valence-corrected chi connectivity index (χ0v) is 17.7. The first-order valence-electron chi connectivity index (χ1n) is 8.54. The van der Waals surface area contributed by atoms with E-state index in [2.05, 4.69) is 28.6 Å². The minimum absolute atomic E-state index is 0.0188. The van der Waals surface area contributed by atoms with Crippen molar-refractivity contribution in [2.75, 3.05) is 17.8 Å². The van der Waals surface area contributed by atoms with Gasteiger partial charge in [0.05, 0.1) is 6.04 Å². The van der Waals surface area contributed by atoms with E-state index in [4.69, 9.17) is 5.73 Å². The maximum absolute atomic E-state index is 12.5. The van der Waals surface area contributed by atoms with E-state index in [-0.39, 0.29) is 11.7 Å². The van der Waals surface area contributed by atoms with Gasteiger partial charge in [-0.1, -0.05) is 13.8 Å². The number of carbonyl (C=O) groups excluding carboxylic acids is 3. The second-order valence-corrected chi connectivity index (χ2v) is 7.79. The molecule has 0 spiro atoms. The van der Waals surface area contributed by atoms with Crippen LogP contribution in [0.4, 0.5) is 0 Å². The van der Waals surface area contributed by atoms with Gasteiger partial charge in [-0.25, -0.2) is 4.79 Å². The van der Waals surface area contributed by atoms with Crippen LogP contribution < -0.4 is 21.7 Å². The highest BCUT2D eigenvalue weighted by Crippen LogP contribution is 2.06. The maximum atomic E-state index is 12.5. The average molecular weight is 423 g/mol. The summed E-state index contributed by atoms with van der Waals surface area (Å²) >= 11 is 5.54. The lowest BCUT2D eigenvalue weighted by Gasteiger charge is -2.25. The third kappa shape index (κ3) is 9.34. The molecule has 4 unspecified atom stereocenters. The number of nitrogens with two attached hydrogens (primary N) is 1. The molecule has 3 amide bonds. The first-order chi connectivity index (χ1) is 12.5. The van der Waals surface area contributed by atoms with E-state index in [1.54, 1.807) is 13.8 Å². The maximum Gasteiger partial charge on any atom is 0.326 e. The number of hydrogen-bond donors (Lipinski definition) is 6. The summed E-state index contributed by atoms with van der Waals surface area (Å²) < 4.78 is 0. The summed E-state index contributed by atoms with van der Waals surface area (Å²) in [5.74, 6) is -2.56. The Bertz CT molecular complexity index is 531. The summed E-state index contributed by atoms with van der Waals surface area (Å²) in [6.45, 7) is 4.83. The van der Waals surface area contributed by atoms with Crippen molar-refractivity contribution in [1.29, 1.82) is 0 Å². The molecule has 0 aliphatic carbocycles. The van der Waals surface area contributed by atoms with Crippen LogP contribution in [0.5, 0.6) is 0 Å². The van der Waals surface area contributed by atoms with Gasteiger partial charge in [-0.2, -0.15) is 24.4 Å². The first kappa shape index (κ1) is 25.5. The molecular weight excluding hydrogens is 392 g/mol. The van der Waals surface area contributed by atoms with Crippen molar-refractivity contribution in [3.8, 4) is 0 Å². The Kier molecular flexibility index (Phi) is 12.1. The van der Waals surface area contributed by atoms with E-state index in [9.17, 15) is 24.3 Å². The van der Waals surface area contributed by atoms with E-state index in [1.165, 1.54) is 18.7 Å². The Morgan fingerprint density at radius 2 is 1.52 bits per heavy atom. The van der Waals surface area contributed by atoms with Crippen LogP contribution in [0, 0.1) is 5.92 Å². The lowest BCUT2D eigenvalue weighted by Crippen LogP contribution is -2.58. The van der Waals surface area contributed by atoms with Crippen LogP contribution in [0.1, 0.15) is 27.2 Å². The number of thiol groups is 1. The van der Waals surface area contributed by atoms with E-state index < -0.39 is 47.9 Å². The van der Waals surface area contributed by atoms with Gasteiger partial charge in [0.2, 0.25) is 17.7 Å². The Labute approximate surface area is 169 Å². The van der Waals surface area contributed by atoms with Gasteiger partial charge in [0, 0.05) is 5.75 Å². The smallest absolute Gasteiger partial charge is 0.326 e. The Balaban J connectivity index is 5.16. The molecule has 0 fully saturated rings. The van der Waals surface area contributed by atoms with Crippen molar-refractivity contribution in [2.24, 2.45) is 11.7 Å². The predicted octanol–water partition coefficient (Wildman–Crippen LogP) is -0.788. The number of carboxylic acids is 1. The van der Waals surface area contributed by atoms with Crippen molar-refractivity contribution >= 4 is 48.1 Å². The van der Waals surface area contributed by atoms with Gasteiger partial charge >= 0.3 is 5.97 Å². The second-order valence-electron chi connectivity index (χ2n) is 6.44. The Morgan fingerprint density at radius 3 is 1.93 bits per heavy atom. The minimum Gasteiger partial charge on any atom is -0.480 e. The number of nitrogens with one attached hydrogen (secondary N) is 3. The molecule has 0 heterocycles. The number of carboxylic acid groups (broad SMARTS) is 1. The summed E-state index contributed by atoms with van der Waals surface area (Å²) in [5.41, 5.74) is 5.47. The van der Waals surface area contributed by atoms with Crippen LogP contribution in [0.15, 0.2) is 0 Å². The molecule has 0 saturated carbocycles.